The van der Waals surface area contributed by atoms with Gasteiger partial charge in [-0.2, -0.15) is 0 Å². The maximum Gasteiger partial charge on any atom is 0.251 e. The van der Waals surface area contributed by atoms with Crippen molar-refractivity contribution in [3.05, 3.63) is 23.1 Å². The van der Waals surface area contributed by atoms with Crippen LogP contribution in [-0.2, 0) is 0 Å². The first-order valence-electron chi connectivity index (χ1n) is 3.57. The Morgan fingerprint density at radius 1 is 1.69 bits per heavy atom. The number of pyridine rings is 1. The van der Waals surface area contributed by atoms with Gasteiger partial charge >= 0.3 is 0 Å². The summed E-state index contributed by atoms with van der Waals surface area (Å²) < 4.78 is 17.8. The van der Waals surface area contributed by atoms with Crippen molar-refractivity contribution in [1.82, 2.24) is 4.98 Å². The molecule has 0 atom stereocenters. The lowest BCUT2D eigenvalue weighted by molar-refractivity contribution is 0.0995. The van der Waals surface area contributed by atoms with E-state index in [2.05, 4.69) is 9.72 Å². The van der Waals surface area contributed by atoms with Crippen molar-refractivity contribution in [2.24, 2.45) is 5.73 Å². The predicted molar refractivity (Wildman–Crippen MR) is 44.0 cm³/mol. The molecule has 0 saturated heterocycles. The van der Waals surface area contributed by atoms with Gasteiger partial charge in [-0.1, -0.05) is 0 Å². The number of aryl methyl sites for hydroxylation is 1. The summed E-state index contributed by atoms with van der Waals surface area (Å²) in [5.74, 6) is -1.87. The number of nitrogens with zero attached hydrogens (tertiary/aromatic N) is 1. The highest BCUT2D eigenvalue weighted by molar-refractivity contribution is 5.93. The molecule has 1 aromatic heterocycles. The average molecular weight is 184 g/mol. The highest BCUT2D eigenvalue weighted by Gasteiger charge is 2.15. The maximum atomic E-state index is 13.2. The molecule has 0 spiro atoms. The van der Waals surface area contributed by atoms with Gasteiger partial charge in [-0.15, -0.1) is 0 Å². The number of ether oxygens (including phenoxy) is 1. The molecule has 0 saturated carbocycles. The molecular formula is C8H9FN2O2. The highest BCUT2D eigenvalue weighted by atomic mass is 19.1. The Hall–Kier alpha value is -1.65. The normalized spacial score (nSPS) is 9.77. The summed E-state index contributed by atoms with van der Waals surface area (Å²) in [4.78, 5) is 14.5. The van der Waals surface area contributed by atoms with Crippen molar-refractivity contribution in [3.8, 4) is 5.88 Å². The average Bonchev–Trinajstić information content (AvgIpc) is 2.08. The number of aromatic nitrogens is 1. The van der Waals surface area contributed by atoms with Gasteiger partial charge < -0.3 is 10.5 Å². The van der Waals surface area contributed by atoms with E-state index in [0.717, 1.165) is 0 Å². The Morgan fingerprint density at radius 3 is 2.77 bits per heavy atom. The number of nitrogens with two attached hydrogens (primary N) is 1. The fourth-order valence-electron chi connectivity index (χ4n) is 0.944. The van der Waals surface area contributed by atoms with Crippen molar-refractivity contribution in [2.75, 3.05) is 7.11 Å². The molecule has 0 bridgehead atoms. The first kappa shape index (κ1) is 9.44. The number of hydrogen-bond acceptors (Lipinski definition) is 3. The molecule has 5 heteroatoms. The van der Waals surface area contributed by atoms with E-state index in [9.17, 15) is 9.18 Å². The Morgan fingerprint density at radius 2 is 2.31 bits per heavy atom. The predicted octanol–water partition coefficient (Wildman–Crippen LogP) is 0.637. The molecule has 70 valence electrons. The van der Waals surface area contributed by atoms with Crippen LogP contribution in [0.1, 0.15) is 16.1 Å². The Kier molecular flexibility index (Phi) is 2.46. The quantitative estimate of drug-likeness (QED) is 0.733. The summed E-state index contributed by atoms with van der Waals surface area (Å²) >= 11 is 0. The number of hydrogen-bond donors (Lipinski definition) is 1. The minimum absolute atomic E-state index is 0.204. The van der Waals surface area contributed by atoms with Crippen molar-refractivity contribution in [1.29, 1.82) is 0 Å². The molecule has 1 rings (SSSR count). The monoisotopic (exact) mass is 184 g/mol. The van der Waals surface area contributed by atoms with E-state index < -0.39 is 11.7 Å². The van der Waals surface area contributed by atoms with E-state index in [0.29, 0.717) is 5.69 Å². The number of carbonyl (C=O) groups is 1. The molecule has 1 heterocycles. The molecule has 0 radical (unpaired) electrons. The fourth-order valence-corrected chi connectivity index (χ4v) is 0.944. The summed E-state index contributed by atoms with van der Waals surface area (Å²) in [6.45, 7) is 1.62. The topological polar surface area (TPSA) is 65.2 Å². The van der Waals surface area contributed by atoms with Crippen LogP contribution in [0.4, 0.5) is 4.39 Å². The molecule has 0 aromatic carbocycles. The van der Waals surface area contributed by atoms with Crippen molar-refractivity contribution in [2.45, 2.75) is 6.92 Å². The zero-order chi connectivity index (χ0) is 10.0. The number of primary amides is 1. The van der Waals surface area contributed by atoms with Gasteiger partial charge in [0.15, 0.2) is 5.82 Å². The minimum Gasteiger partial charge on any atom is -0.479 e. The summed E-state index contributed by atoms with van der Waals surface area (Å²) in [5, 5.41) is 0. The summed E-state index contributed by atoms with van der Waals surface area (Å²) in [7, 11) is 1.27. The molecule has 0 aliphatic rings. The Bertz CT molecular complexity index is 352. The third-order valence-electron chi connectivity index (χ3n) is 1.51. The van der Waals surface area contributed by atoms with Crippen molar-refractivity contribution < 1.29 is 13.9 Å². The number of methoxy groups -OCH3 is 1. The second-order valence-electron chi connectivity index (χ2n) is 2.50. The lowest BCUT2D eigenvalue weighted by atomic mass is 10.2. The van der Waals surface area contributed by atoms with Crippen LogP contribution in [0.2, 0.25) is 0 Å². The maximum absolute atomic E-state index is 13.2. The van der Waals surface area contributed by atoms with Crippen LogP contribution >= 0.6 is 0 Å². The molecule has 1 aromatic rings. The van der Waals surface area contributed by atoms with Crippen LogP contribution in [-0.4, -0.2) is 18.0 Å². The van der Waals surface area contributed by atoms with Crippen LogP contribution in [0.3, 0.4) is 0 Å². The zero-order valence-corrected chi connectivity index (χ0v) is 7.30. The van der Waals surface area contributed by atoms with Crippen LogP contribution in [0.5, 0.6) is 5.88 Å². The second kappa shape index (κ2) is 3.38. The van der Waals surface area contributed by atoms with E-state index in [1.54, 1.807) is 6.92 Å². The third kappa shape index (κ3) is 1.74. The molecule has 13 heavy (non-hydrogen) atoms. The lowest BCUT2D eigenvalue weighted by Gasteiger charge is -2.04. The largest absolute Gasteiger partial charge is 0.479 e. The highest BCUT2D eigenvalue weighted by Crippen LogP contribution is 2.18. The molecule has 0 unspecified atom stereocenters. The van der Waals surface area contributed by atoms with E-state index in [1.165, 1.54) is 13.2 Å². The first-order chi connectivity index (χ1) is 6.06. The van der Waals surface area contributed by atoms with Gasteiger partial charge in [0.1, 0.15) is 0 Å². The van der Waals surface area contributed by atoms with Crippen LogP contribution < -0.4 is 10.5 Å². The standard InChI is InChI=1S/C8H9FN2O2/c1-4-3-5(7(10)12)6(9)8(11-4)13-2/h3H,1-2H3,(H2,10,12). The lowest BCUT2D eigenvalue weighted by Crippen LogP contribution is -2.14. The molecule has 0 fully saturated rings. The van der Waals surface area contributed by atoms with Gasteiger partial charge in [-0.05, 0) is 13.0 Å². The molecule has 4 nitrogen and oxygen atoms in total. The molecule has 0 aliphatic carbocycles. The summed E-state index contributed by atoms with van der Waals surface area (Å²) in [5.41, 5.74) is 5.22. The van der Waals surface area contributed by atoms with Crippen LogP contribution in [0, 0.1) is 12.7 Å². The van der Waals surface area contributed by atoms with Crippen LogP contribution in [0.15, 0.2) is 6.07 Å². The van der Waals surface area contributed by atoms with Gasteiger partial charge in [0.05, 0.1) is 12.7 Å². The van der Waals surface area contributed by atoms with E-state index in [4.69, 9.17) is 5.73 Å². The van der Waals surface area contributed by atoms with E-state index in [1.807, 2.05) is 0 Å². The number of rotatable bonds is 2. The number of amides is 1. The fraction of sp³-hybridized carbons (Fsp3) is 0.250. The zero-order valence-electron chi connectivity index (χ0n) is 7.30. The van der Waals surface area contributed by atoms with Gasteiger partial charge in [0.25, 0.3) is 11.8 Å². The third-order valence-corrected chi connectivity index (χ3v) is 1.51. The molecule has 2 N–H and O–H groups in total. The molecule has 1 amide bonds. The molecular weight excluding hydrogens is 175 g/mol. The van der Waals surface area contributed by atoms with E-state index in [-0.39, 0.29) is 11.4 Å². The van der Waals surface area contributed by atoms with Gasteiger partial charge in [-0.3, -0.25) is 4.79 Å². The smallest absolute Gasteiger partial charge is 0.251 e. The first-order valence-corrected chi connectivity index (χ1v) is 3.57. The summed E-state index contributed by atoms with van der Waals surface area (Å²) in [6.07, 6.45) is 0. The van der Waals surface area contributed by atoms with Crippen molar-refractivity contribution >= 4 is 5.91 Å². The van der Waals surface area contributed by atoms with Gasteiger partial charge in [0, 0.05) is 5.69 Å². The van der Waals surface area contributed by atoms with Crippen LogP contribution in [0.25, 0.3) is 0 Å². The Labute approximate surface area is 74.5 Å². The second-order valence-corrected chi connectivity index (χ2v) is 2.50. The Balaban J connectivity index is 3.35. The summed E-state index contributed by atoms with van der Waals surface area (Å²) in [6, 6.07) is 1.28. The molecule has 0 aliphatic heterocycles. The van der Waals surface area contributed by atoms with E-state index >= 15 is 0 Å². The number of carbonyl (C=O) groups excluding carboxylic acids is 1. The van der Waals surface area contributed by atoms with Gasteiger partial charge in [0.2, 0.25) is 0 Å². The minimum atomic E-state index is -0.832. The van der Waals surface area contributed by atoms with Crippen molar-refractivity contribution in [3.63, 3.8) is 0 Å². The SMILES string of the molecule is COc1nc(C)cc(C(N)=O)c1F. The number of halogens is 1. The van der Waals surface area contributed by atoms with Gasteiger partial charge in [-0.25, -0.2) is 9.37 Å².